The fraction of sp³-hybridized carbons (Fsp3) is 0.0667. The van der Waals surface area contributed by atoms with Gasteiger partial charge in [-0.15, -0.1) is 10.2 Å². The van der Waals surface area contributed by atoms with Gasteiger partial charge in [0.15, 0.2) is 0 Å². The molecule has 3 aromatic rings. The maximum Gasteiger partial charge on any atom is 0.247 e. The van der Waals surface area contributed by atoms with Crippen molar-refractivity contribution in [2.24, 2.45) is 0 Å². The van der Waals surface area contributed by atoms with E-state index < -0.39 is 5.82 Å². The minimum Gasteiger partial charge on any atom is -0.419 e. The van der Waals surface area contributed by atoms with Crippen molar-refractivity contribution in [1.82, 2.24) is 10.2 Å². The molecule has 1 aromatic heterocycles. The molecule has 1 N–H and O–H groups in total. The second-order valence-electron chi connectivity index (χ2n) is 4.49. The molecule has 2 aromatic carbocycles. The first-order valence-electron chi connectivity index (χ1n) is 6.39. The molecule has 0 bridgehead atoms. The van der Waals surface area contributed by atoms with Crippen LogP contribution in [-0.4, -0.2) is 10.2 Å². The van der Waals surface area contributed by atoms with E-state index >= 15 is 0 Å². The molecule has 0 unspecified atom stereocenters. The average Bonchev–Trinajstić information content (AvgIpc) is 2.98. The average molecular weight is 322 g/mol. The number of rotatable bonds is 4. The molecule has 0 amide bonds. The summed E-state index contributed by atoms with van der Waals surface area (Å²) in [6.45, 7) is 0.260. The third-order valence-corrected chi connectivity index (χ3v) is 3.21. The minimum atomic E-state index is -0.483. The normalized spacial score (nSPS) is 10.7. The Kier molecular flexibility index (Phi) is 4.02. The maximum atomic E-state index is 13.1. The van der Waals surface area contributed by atoms with Gasteiger partial charge in [-0.05, 0) is 42.5 Å². The third-order valence-electron chi connectivity index (χ3n) is 2.92. The summed E-state index contributed by atoms with van der Waals surface area (Å²) in [7, 11) is 0. The molecule has 0 radical (unpaired) electrons. The zero-order chi connectivity index (χ0) is 15.5. The molecular formula is C15H10ClF2N3O. The monoisotopic (exact) mass is 321 g/mol. The van der Waals surface area contributed by atoms with Gasteiger partial charge < -0.3 is 9.73 Å². The first-order chi connectivity index (χ1) is 10.6. The van der Waals surface area contributed by atoms with Crippen LogP contribution in [0.15, 0.2) is 46.9 Å². The van der Waals surface area contributed by atoms with Gasteiger partial charge in [0.2, 0.25) is 11.8 Å². The summed E-state index contributed by atoms with van der Waals surface area (Å²) in [5, 5.41) is 10.8. The zero-order valence-corrected chi connectivity index (χ0v) is 11.9. The number of hydrogen-bond donors (Lipinski definition) is 1. The van der Waals surface area contributed by atoms with Gasteiger partial charge in [0, 0.05) is 11.3 Å². The molecule has 0 saturated carbocycles. The van der Waals surface area contributed by atoms with Crippen LogP contribution in [0.1, 0.15) is 5.89 Å². The molecule has 0 spiro atoms. The molecule has 0 fully saturated rings. The summed E-state index contributed by atoms with van der Waals surface area (Å²) in [5.74, 6) is -0.171. The highest BCUT2D eigenvalue weighted by Crippen LogP contribution is 2.21. The Balaban J connectivity index is 1.69. The number of anilines is 1. The lowest BCUT2D eigenvalue weighted by Gasteiger charge is -2.04. The summed E-state index contributed by atoms with van der Waals surface area (Å²) in [6, 6.07) is 10.0. The van der Waals surface area contributed by atoms with E-state index in [-0.39, 0.29) is 17.4 Å². The van der Waals surface area contributed by atoms with Gasteiger partial charge in [-0.1, -0.05) is 11.6 Å². The smallest absolute Gasteiger partial charge is 0.247 e. The molecule has 0 aliphatic rings. The fourth-order valence-corrected chi connectivity index (χ4v) is 2.00. The SMILES string of the molecule is Fc1ccc(-c2nnc(CNc3ccc(F)c(Cl)c3)o2)cc1. The lowest BCUT2D eigenvalue weighted by atomic mass is 10.2. The molecule has 22 heavy (non-hydrogen) atoms. The molecule has 0 aliphatic carbocycles. The van der Waals surface area contributed by atoms with E-state index in [1.807, 2.05) is 0 Å². The number of hydrogen-bond acceptors (Lipinski definition) is 4. The van der Waals surface area contributed by atoms with Gasteiger partial charge in [0.25, 0.3) is 0 Å². The van der Waals surface area contributed by atoms with Gasteiger partial charge in [0.1, 0.15) is 11.6 Å². The third kappa shape index (κ3) is 3.23. The molecule has 0 atom stereocenters. The Morgan fingerprint density at radius 1 is 1.05 bits per heavy atom. The van der Waals surface area contributed by atoms with Crippen LogP contribution in [0, 0.1) is 11.6 Å². The van der Waals surface area contributed by atoms with Crippen molar-refractivity contribution in [3.63, 3.8) is 0 Å². The first kappa shape index (κ1) is 14.5. The zero-order valence-electron chi connectivity index (χ0n) is 11.2. The van der Waals surface area contributed by atoms with E-state index in [2.05, 4.69) is 15.5 Å². The predicted molar refractivity (Wildman–Crippen MR) is 78.4 cm³/mol. The molecule has 0 aliphatic heterocycles. The standard InChI is InChI=1S/C15H10ClF2N3O/c16-12-7-11(5-6-13(12)18)19-8-14-20-21-15(22-14)9-1-3-10(17)4-2-9/h1-7,19H,8H2. The largest absolute Gasteiger partial charge is 0.419 e. The van der Waals surface area contributed by atoms with E-state index in [1.165, 1.54) is 24.3 Å². The summed E-state index contributed by atoms with van der Waals surface area (Å²) in [6.07, 6.45) is 0. The molecule has 1 heterocycles. The lowest BCUT2D eigenvalue weighted by molar-refractivity contribution is 0.515. The van der Waals surface area contributed by atoms with Gasteiger partial charge in [-0.25, -0.2) is 8.78 Å². The molecule has 4 nitrogen and oxygen atoms in total. The Morgan fingerprint density at radius 3 is 2.55 bits per heavy atom. The highest BCUT2D eigenvalue weighted by Gasteiger charge is 2.09. The summed E-state index contributed by atoms with van der Waals surface area (Å²) in [5.41, 5.74) is 1.26. The Hall–Kier alpha value is -2.47. The van der Waals surface area contributed by atoms with Crippen molar-refractivity contribution in [3.8, 4) is 11.5 Å². The van der Waals surface area contributed by atoms with Crippen molar-refractivity contribution < 1.29 is 13.2 Å². The number of benzene rings is 2. The Morgan fingerprint density at radius 2 is 1.82 bits per heavy atom. The van der Waals surface area contributed by atoms with E-state index in [4.69, 9.17) is 16.0 Å². The summed E-state index contributed by atoms with van der Waals surface area (Å²) >= 11 is 5.70. The van der Waals surface area contributed by atoms with Crippen LogP contribution in [0.25, 0.3) is 11.5 Å². The van der Waals surface area contributed by atoms with Gasteiger partial charge in [0.05, 0.1) is 11.6 Å². The molecular weight excluding hydrogens is 312 g/mol. The van der Waals surface area contributed by atoms with Crippen LogP contribution >= 0.6 is 11.6 Å². The van der Waals surface area contributed by atoms with E-state index in [1.54, 1.807) is 18.2 Å². The molecule has 112 valence electrons. The van der Waals surface area contributed by atoms with Gasteiger partial charge >= 0.3 is 0 Å². The summed E-state index contributed by atoms with van der Waals surface area (Å²) < 4.78 is 31.4. The van der Waals surface area contributed by atoms with Crippen LogP contribution in [-0.2, 0) is 6.54 Å². The van der Waals surface area contributed by atoms with Crippen molar-refractivity contribution in [2.75, 3.05) is 5.32 Å². The second kappa shape index (κ2) is 6.11. The van der Waals surface area contributed by atoms with Crippen LogP contribution in [0.2, 0.25) is 5.02 Å². The first-order valence-corrected chi connectivity index (χ1v) is 6.77. The quantitative estimate of drug-likeness (QED) is 0.779. The van der Waals surface area contributed by atoms with E-state index in [0.717, 1.165) is 0 Å². The number of nitrogens with zero attached hydrogens (tertiary/aromatic N) is 2. The Bertz CT molecular complexity index is 790. The highest BCUT2D eigenvalue weighted by molar-refractivity contribution is 6.31. The predicted octanol–water partition coefficient (Wildman–Crippen LogP) is 4.28. The van der Waals surface area contributed by atoms with Crippen molar-refractivity contribution in [1.29, 1.82) is 0 Å². The minimum absolute atomic E-state index is 0.0301. The molecule has 7 heteroatoms. The van der Waals surface area contributed by atoms with Crippen LogP contribution in [0.5, 0.6) is 0 Å². The summed E-state index contributed by atoms with van der Waals surface area (Å²) in [4.78, 5) is 0. The van der Waals surface area contributed by atoms with Crippen molar-refractivity contribution >= 4 is 17.3 Å². The number of aromatic nitrogens is 2. The number of nitrogens with one attached hydrogen (secondary N) is 1. The van der Waals surface area contributed by atoms with Crippen molar-refractivity contribution in [3.05, 3.63) is 65.0 Å². The Labute approximate surface area is 129 Å². The molecule has 3 rings (SSSR count). The second-order valence-corrected chi connectivity index (χ2v) is 4.90. The van der Waals surface area contributed by atoms with Crippen molar-refractivity contribution in [2.45, 2.75) is 6.54 Å². The van der Waals surface area contributed by atoms with Crippen LogP contribution in [0.4, 0.5) is 14.5 Å². The maximum absolute atomic E-state index is 13.1. The topological polar surface area (TPSA) is 51.0 Å². The van der Waals surface area contributed by atoms with Crippen LogP contribution in [0.3, 0.4) is 0 Å². The number of halogens is 3. The highest BCUT2D eigenvalue weighted by atomic mass is 35.5. The van der Waals surface area contributed by atoms with E-state index in [9.17, 15) is 8.78 Å². The van der Waals surface area contributed by atoms with Gasteiger partial charge in [-0.3, -0.25) is 0 Å². The van der Waals surface area contributed by atoms with Crippen LogP contribution < -0.4 is 5.32 Å². The lowest BCUT2D eigenvalue weighted by Crippen LogP contribution is -1.99. The fourth-order valence-electron chi connectivity index (χ4n) is 1.82. The molecule has 0 saturated heterocycles. The van der Waals surface area contributed by atoms with Gasteiger partial charge in [-0.2, -0.15) is 0 Å². The van der Waals surface area contributed by atoms with E-state index in [0.29, 0.717) is 23.0 Å².